The summed E-state index contributed by atoms with van der Waals surface area (Å²) in [6.07, 6.45) is 3.24. The Labute approximate surface area is 325 Å². The quantitative estimate of drug-likeness (QED) is 0.142. The number of morpholine rings is 2. The van der Waals surface area contributed by atoms with Crippen LogP contribution in [0.3, 0.4) is 0 Å². The average Bonchev–Trinajstić information content (AvgIpc) is 3.25. The Morgan fingerprint density at radius 1 is 0.661 bits per heavy atom. The van der Waals surface area contributed by atoms with Gasteiger partial charge in [-0.15, -0.1) is 0 Å². The number of hydrogen-bond acceptors (Lipinski definition) is 15. The fourth-order valence-electron chi connectivity index (χ4n) is 6.61. The Morgan fingerprint density at radius 2 is 1.05 bits per heavy atom. The van der Waals surface area contributed by atoms with Gasteiger partial charge in [0.25, 0.3) is 11.8 Å². The van der Waals surface area contributed by atoms with Crippen LogP contribution in [-0.2, 0) is 14.3 Å². The van der Waals surface area contributed by atoms with Crippen LogP contribution < -0.4 is 30.7 Å². The Kier molecular flexibility index (Phi) is 12.8. The third-order valence-electron chi connectivity index (χ3n) is 9.88. The first-order valence-electron chi connectivity index (χ1n) is 18.4. The van der Waals surface area contributed by atoms with Crippen LogP contribution >= 0.6 is 0 Å². The van der Waals surface area contributed by atoms with Crippen molar-refractivity contribution in [2.45, 2.75) is 25.7 Å². The molecule has 2 aromatic heterocycles. The first-order valence-corrected chi connectivity index (χ1v) is 18.4. The van der Waals surface area contributed by atoms with Crippen molar-refractivity contribution >= 4 is 52.5 Å². The van der Waals surface area contributed by atoms with Crippen molar-refractivity contribution in [1.82, 2.24) is 29.7 Å². The summed E-state index contributed by atoms with van der Waals surface area (Å²) < 4.78 is 21.9. The number of benzene rings is 2. The maximum atomic E-state index is 14.0. The molecular weight excluding hydrogens is 720 g/mol. The highest BCUT2D eigenvalue weighted by Gasteiger charge is 2.29. The van der Waals surface area contributed by atoms with Crippen LogP contribution in [0.2, 0.25) is 0 Å². The largest absolute Gasteiger partial charge is 0.495 e. The van der Waals surface area contributed by atoms with Gasteiger partial charge in [-0.2, -0.15) is 9.97 Å². The molecule has 0 aliphatic carbocycles. The van der Waals surface area contributed by atoms with Crippen molar-refractivity contribution in [1.29, 1.82) is 0 Å². The van der Waals surface area contributed by atoms with Gasteiger partial charge in [0, 0.05) is 86.8 Å². The van der Waals surface area contributed by atoms with Crippen LogP contribution in [0.1, 0.15) is 57.5 Å². The van der Waals surface area contributed by atoms with E-state index in [-0.39, 0.29) is 29.5 Å². The number of amides is 2. The summed E-state index contributed by atoms with van der Waals surface area (Å²) in [5.41, 5.74) is 3.38. The summed E-state index contributed by atoms with van der Waals surface area (Å²) in [6.45, 7) is 7.83. The zero-order valence-corrected chi connectivity index (χ0v) is 32.5. The third-order valence-corrected chi connectivity index (χ3v) is 9.88. The summed E-state index contributed by atoms with van der Waals surface area (Å²) in [5, 5.41) is 12.5. The second kappa shape index (κ2) is 18.0. The molecule has 2 aliphatic rings. The number of ether oxygens (including phenoxy) is 4. The minimum absolute atomic E-state index is 0.0870. The number of rotatable bonds is 14. The van der Waals surface area contributed by atoms with Gasteiger partial charge in [0.1, 0.15) is 28.9 Å². The van der Waals surface area contributed by atoms with Crippen LogP contribution in [0.5, 0.6) is 11.5 Å². The number of ketones is 1. The van der Waals surface area contributed by atoms with Gasteiger partial charge in [-0.3, -0.25) is 14.4 Å². The fourth-order valence-corrected chi connectivity index (χ4v) is 6.61. The van der Waals surface area contributed by atoms with Gasteiger partial charge in [0.2, 0.25) is 11.9 Å². The highest BCUT2D eigenvalue weighted by atomic mass is 16.5. The number of nitrogens with one attached hydrogen (secondary N) is 4. The summed E-state index contributed by atoms with van der Waals surface area (Å²) in [4.78, 5) is 61.9. The molecule has 0 saturated carbocycles. The number of nitrogens with zero attached hydrogens (tertiary/aromatic N) is 6. The monoisotopic (exact) mass is 768 g/mol. The van der Waals surface area contributed by atoms with Crippen molar-refractivity contribution in [3.63, 3.8) is 0 Å². The van der Waals surface area contributed by atoms with Gasteiger partial charge >= 0.3 is 0 Å². The second-order valence-electron chi connectivity index (χ2n) is 13.2. The molecule has 56 heavy (non-hydrogen) atoms. The minimum atomic E-state index is -0.591. The van der Waals surface area contributed by atoms with Crippen molar-refractivity contribution in [2.24, 2.45) is 0 Å². The first kappa shape index (κ1) is 39.6. The summed E-state index contributed by atoms with van der Waals surface area (Å²) in [5.74, 6) is 0.970. The molecule has 2 amide bonds. The summed E-state index contributed by atoms with van der Waals surface area (Å²) in [7, 11) is 6.52. The van der Waals surface area contributed by atoms with Crippen LogP contribution in [0, 0.1) is 0 Å². The molecule has 296 valence electrons. The minimum Gasteiger partial charge on any atom is -0.495 e. The molecule has 2 unspecified atom stereocenters. The predicted molar refractivity (Wildman–Crippen MR) is 211 cm³/mol. The van der Waals surface area contributed by atoms with E-state index < -0.39 is 11.8 Å². The number of carbonyl (C=O) groups is 3. The van der Waals surface area contributed by atoms with Gasteiger partial charge in [-0.25, -0.2) is 9.97 Å². The molecule has 0 radical (unpaired) electrons. The maximum Gasteiger partial charge on any atom is 0.254 e. The lowest BCUT2D eigenvalue weighted by molar-refractivity contribution is -0.121. The van der Waals surface area contributed by atoms with Crippen LogP contribution in [0.25, 0.3) is 0 Å². The molecule has 2 fully saturated rings. The zero-order chi connectivity index (χ0) is 39.8. The topological polar surface area (TPSA) is 194 Å². The Balaban J connectivity index is 1.14. The molecule has 17 nitrogen and oxygen atoms in total. The molecule has 4 N–H and O–H groups in total. The molecular formula is C39H48N10O7. The Morgan fingerprint density at radius 3 is 1.41 bits per heavy atom. The molecule has 17 heteroatoms. The lowest BCUT2D eigenvalue weighted by Crippen LogP contribution is -2.40. The van der Waals surface area contributed by atoms with Crippen LogP contribution in [0.15, 0.2) is 48.8 Å². The number of aromatic nitrogens is 4. The number of hydrogen-bond donors (Lipinski definition) is 4. The molecule has 4 aromatic rings. The molecule has 2 aromatic carbocycles. The fraction of sp³-hybridized carbons (Fsp3) is 0.410. The average molecular weight is 769 g/mol. The second-order valence-corrected chi connectivity index (χ2v) is 13.2. The third kappa shape index (κ3) is 8.74. The van der Waals surface area contributed by atoms with E-state index in [0.717, 1.165) is 0 Å². The van der Waals surface area contributed by atoms with Crippen LogP contribution in [0.4, 0.5) is 34.9 Å². The van der Waals surface area contributed by atoms with E-state index in [2.05, 4.69) is 41.2 Å². The highest BCUT2D eigenvalue weighted by molar-refractivity contribution is 5.96. The SMILES string of the molecule is CNc1nc(Nc2ccc(C(=O)N3CCOCC3)cc2OC)ncc1C(C)C(=O)C(C)c1cnc(Nc2ccc(C(=O)N3CCOCC3)cc2OC)nc1NC. The van der Waals surface area contributed by atoms with Gasteiger partial charge in [0.15, 0.2) is 0 Å². The lowest BCUT2D eigenvalue weighted by Gasteiger charge is -2.27. The van der Waals surface area contributed by atoms with E-state index in [4.69, 9.17) is 18.9 Å². The number of carbonyl (C=O) groups excluding carboxylic acids is 3. The van der Waals surface area contributed by atoms with Crippen molar-refractivity contribution in [3.05, 3.63) is 71.0 Å². The first-order chi connectivity index (χ1) is 27.1. The predicted octanol–water partition coefficient (Wildman–Crippen LogP) is 4.28. The molecule has 0 spiro atoms. The van der Waals surface area contributed by atoms with Crippen LogP contribution in [-0.4, -0.2) is 128 Å². The van der Waals surface area contributed by atoms with Gasteiger partial charge in [-0.05, 0) is 36.4 Å². The van der Waals surface area contributed by atoms with E-state index in [1.165, 1.54) is 14.2 Å². The Bertz CT molecular complexity index is 1910. The molecule has 2 aliphatic heterocycles. The highest BCUT2D eigenvalue weighted by Crippen LogP contribution is 2.35. The summed E-state index contributed by atoms with van der Waals surface area (Å²) >= 11 is 0. The number of methoxy groups -OCH3 is 2. The zero-order valence-electron chi connectivity index (χ0n) is 32.5. The Hall–Kier alpha value is -6.07. The van der Waals surface area contributed by atoms with E-state index in [0.29, 0.717) is 109 Å². The van der Waals surface area contributed by atoms with E-state index in [1.54, 1.807) is 72.7 Å². The standard InChI is InChI=1S/C39H48N10O7/c1-23(27-21-42-38(46-34(27)40-3)44-29-9-7-25(19-31(29)53-5)36(51)48-11-15-55-16-12-48)33(50)24(2)28-22-43-39(47-35(28)41-4)45-30-10-8-26(20-32(30)54-6)37(52)49-13-17-56-18-14-49/h7-10,19-24H,11-18H2,1-6H3,(H2,40,42,44,46)(H2,41,43,45,47). The van der Waals surface area contributed by atoms with E-state index >= 15 is 0 Å². The number of Topliss-reactive ketones (excluding diaryl/α,β-unsaturated/α-hetero) is 1. The summed E-state index contributed by atoms with van der Waals surface area (Å²) in [6, 6.07) is 10.3. The smallest absolute Gasteiger partial charge is 0.254 e. The lowest BCUT2D eigenvalue weighted by atomic mass is 9.87. The maximum absolute atomic E-state index is 14.0. The van der Waals surface area contributed by atoms with Crippen molar-refractivity contribution < 1.29 is 33.3 Å². The van der Waals surface area contributed by atoms with Gasteiger partial charge in [-0.1, -0.05) is 13.8 Å². The van der Waals surface area contributed by atoms with Gasteiger partial charge < -0.3 is 50.0 Å². The molecule has 2 atom stereocenters. The van der Waals surface area contributed by atoms with Crippen molar-refractivity contribution in [3.8, 4) is 11.5 Å². The molecule has 6 rings (SSSR count). The molecule has 2 saturated heterocycles. The van der Waals surface area contributed by atoms with Crippen molar-refractivity contribution in [2.75, 3.05) is 102 Å². The van der Waals surface area contributed by atoms with Gasteiger partial charge in [0.05, 0.1) is 52.0 Å². The van der Waals surface area contributed by atoms with E-state index in [9.17, 15) is 14.4 Å². The molecule has 0 bridgehead atoms. The number of anilines is 6. The molecule has 4 heterocycles. The normalized spacial score (nSPS) is 15.3. The van der Waals surface area contributed by atoms with E-state index in [1.807, 2.05) is 13.8 Å².